The minimum absolute atomic E-state index is 0.427. The van der Waals surface area contributed by atoms with E-state index >= 15 is 0 Å². The number of allylic oxidation sites excluding steroid dienone is 11. The van der Waals surface area contributed by atoms with Crippen molar-refractivity contribution in [2.45, 2.75) is 20.8 Å². The summed E-state index contributed by atoms with van der Waals surface area (Å²) in [5.74, 6) is 0.427. The third-order valence-corrected chi connectivity index (χ3v) is 2.95. The van der Waals surface area contributed by atoms with Crippen LogP contribution in [-0.2, 0) is 0 Å². The molecular formula is C16H20. The van der Waals surface area contributed by atoms with E-state index in [4.69, 9.17) is 0 Å². The minimum atomic E-state index is 0.427. The molecule has 0 nitrogen and oxygen atoms in total. The van der Waals surface area contributed by atoms with Gasteiger partial charge >= 0.3 is 0 Å². The van der Waals surface area contributed by atoms with Crippen LogP contribution in [0.4, 0.5) is 0 Å². The van der Waals surface area contributed by atoms with E-state index in [1.54, 1.807) is 0 Å². The van der Waals surface area contributed by atoms with Crippen molar-refractivity contribution in [1.29, 1.82) is 0 Å². The zero-order chi connectivity index (χ0) is 12.0. The first kappa shape index (κ1) is 12.5. The van der Waals surface area contributed by atoms with Crippen molar-refractivity contribution in [2.24, 2.45) is 5.92 Å². The molecule has 16 heavy (non-hydrogen) atoms. The SMILES string of the molecule is C=C\C=C1C(=C\C)/C=C/C=C\C=C(/C)C/1C. The molecule has 0 heterocycles. The number of rotatable bonds is 1. The van der Waals surface area contributed by atoms with E-state index in [9.17, 15) is 0 Å². The van der Waals surface area contributed by atoms with E-state index in [-0.39, 0.29) is 0 Å². The van der Waals surface area contributed by atoms with Crippen molar-refractivity contribution >= 4 is 0 Å². The molecule has 1 rings (SSSR count). The maximum absolute atomic E-state index is 3.80. The summed E-state index contributed by atoms with van der Waals surface area (Å²) in [5.41, 5.74) is 3.96. The summed E-state index contributed by atoms with van der Waals surface area (Å²) in [4.78, 5) is 0. The van der Waals surface area contributed by atoms with Crippen molar-refractivity contribution in [3.8, 4) is 0 Å². The highest BCUT2D eigenvalue weighted by Gasteiger charge is 2.12. The van der Waals surface area contributed by atoms with Gasteiger partial charge in [-0.2, -0.15) is 0 Å². The molecule has 0 amide bonds. The zero-order valence-corrected chi connectivity index (χ0v) is 10.4. The van der Waals surface area contributed by atoms with Crippen LogP contribution in [0.25, 0.3) is 0 Å². The van der Waals surface area contributed by atoms with Gasteiger partial charge in [-0.3, -0.25) is 0 Å². The quantitative estimate of drug-likeness (QED) is 0.588. The first-order valence-corrected chi connectivity index (χ1v) is 5.71. The monoisotopic (exact) mass is 212 g/mol. The molecule has 84 valence electrons. The zero-order valence-electron chi connectivity index (χ0n) is 10.4. The second kappa shape index (κ2) is 6.12. The third-order valence-electron chi connectivity index (χ3n) is 2.95. The fraction of sp³-hybridized carbons (Fsp3) is 0.250. The smallest absolute Gasteiger partial charge is 0.00259 e. The van der Waals surface area contributed by atoms with Crippen LogP contribution in [0.2, 0.25) is 0 Å². The van der Waals surface area contributed by atoms with E-state index in [1.807, 2.05) is 6.08 Å². The van der Waals surface area contributed by atoms with Gasteiger partial charge in [-0.15, -0.1) is 0 Å². The van der Waals surface area contributed by atoms with E-state index < -0.39 is 0 Å². The lowest BCUT2D eigenvalue weighted by atomic mass is 9.88. The lowest BCUT2D eigenvalue weighted by molar-refractivity contribution is 0.814. The highest BCUT2D eigenvalue weighted by molar-refractivity contribution is 5.47. The Morgan fingerprint density at radius 2 is 2.00 bits per heavy atom. The van der Waals surface area contributed by atoms with Crippen LogP contribution in [0, 0.1) is 5.92 Å². The van der Waals surface area contributed by atoms with Crippen LogP contribution >= 0.6 is 0 Å². The average molecular weight is 212 g/mol. The van der Waals surface area contributed by atoms with Gasteiger partial charge in [0.2, 0.25) is 0 Å². The fourth-order valence-electron chi connectivity index (χ4n) is 1.80. The molecule has 1 aliphatic carbocycles. The molecule has 0 spiro atoms. The molecule has 0 bridgehead atoms. The van der Waals surface area contributed by atoms with E-state index in [0.29, 0.717) is 5.92 Å². The molecule has 0 saturated heterocycles. The van der Waals surface area contributed by atoms with Crippen LogP contribution in [-0.4, -0.2) is 0 Å². The average Bonchev–Trinajstić information content (AvgIpc) is 2.35. The second-order valence-electron chi connectivity index (χ2n) is 3.98. The molecular weight excluding hydrogens is 192 g/mol. The Balaban J connectivity index is 3.27. The lowest BCUT2D eigenvalue weighted by Gasteiger charge is -2.17. The van der Waals surface area contributed by atoms with Gasteiger partial charge < -0.3 is 0 Å². The molecule has 0 aliphatic heterocycles. The molecule has 1 atom stereocenters. The van der Waals surface area contributed by atoms with Gasteiger partial charge in [0.25, 0.3) is 0 Å². The predicted octanol–water partition coefficient (Wildman–Crippen LogP) is 4.75. The van der Waals surface area contributed by atoms with Crippen LogP contribution in [0.1, 0.15) is 20.8 Å². The third kappa shape index (κ3) is 2.96. The Kier molecular flexibility index (Phi) is 4.78. The second-order valence-corrected chi connectivity index (χ2v) is 3.98. The van der Waals surface area contributed by atoms with Crippen LogP contribution < -0.4 is 0 Å². The minimum Gasteiger partial charge on any atom is -0.0991 e. The maximum atomic E-state index is 3.80. The van der Waals surface area contributed by atoms with Crippen molar-refractivity contribution in [1.82, 2.24) is 0 Å². The number of hydrogen-bond donors (Lipinski definition) is 0. The van der Waals surface area contributed by atoms with Crippen molar-refractivity contribution in [2.75, 3.05) is 0 Å². The van der Waals surface area contributed by atoms with Crippen LogP contribution in [0.15, 0.2) is 71.9 Å². The molecule has 0 saturated carbocycles. The highest BCUT2D eigenvalue weighted by Crippen LogP contribution is 2.27. The normalized spacial score (nSPS) is 33.4. The summed E-state index contributed by atoms with van der Waals surface area (Å²) in [5, 5.41) is 0. The van der Waals surface area contributed by atoms with Gasteiger partial charge in [-0.05, 0) is 25.0 Å². The van der Waals surface area contributed by atoms with Crippen LogP contribution in [0.3, 0.4) is 0 Å². The Morgan fingerprint density at radius 1 is 1.25 bits per heavy atom. The van der Waals surface area contributed by atoms with Gasteiger partial charge in [0, 0.05) is 5.92 Å². The molecule has 1 aliphatic rings. The van der Waals surface area contributed by atoms with E-state index in [0.717, 1.165) is 0 Å². The van der Waals surface area contributed by atoms with Crippen molar-refractivity contribution in [3.63, 3.8) is 0 Å². The first-order chi connectivity index (χ1) is 7.70. The molecule has 0 aromatic heterocycles. The van der Waals surface area contributed by atoms with Crippen molar-refractivity contribution < 1.29 is 0 Å². The first-order valence-electron chi connectivity index (χ1n) is 5.71. The number of hydrogen-bond acceptors (Lipinski definition) is 0. The molecule has 0 radical (unpaired) electrons. The summed E-state index contributed by atoms with van der Waals surface area (Å²) in [6.07, 6.45) is 16.7. The highest BCUT2D eigenvalue weighted by atomic mass is 14.2. The standard InChI is InChI=1S/C16H20/c1-5-10-16-14(4)13(3)11-8-7-9-12-15(16)6-2/h5-12,14H,1H2,2-4H3/b8-7-,12-9+,13-11+,15-6-,16-10-. The molecule has 0 N–H and O–H groups in total. The molecule has 0 aromatic rings. The van der Waals surface area contributed by atoms with Gasteiger partial charge in [-0.25, -0.2) is 0 Å². The molecule has 0 fully saturated rings. The topological polar surface area (TPSA) is 0 Å². The fourth-order valence-corrected chi connectivity index (χ4v) is 1.80. The van der Waals surface area contributed by atoms with Gasteiger partial charge in [0.1, 0.15) is 0 Å². The lowest BCUT2D eigenvalue weighted by Crippen LogP contribution is -2.02. The largest absolute Gasteiger partial charge is 0.0991 e. The Morgan fingerprint density at radius 3 is 2.62 bits per heavy atom. The van der Waals surface area contributed by atoms with Gasteiger partial charge in [-0.1, -0.05) is 67.7 Å². The molecule has 1 unspecified atom stereocenters. The van der Waals surface area contributed by atoms with Crippen LogP contribution in [0.5, 0.6) is 0 Å². The van der Waals surface area contributed by atoms with Gasteiger partial charge in [0.15, 0.2) is 0 Å². The van der Waals surface area contributed by atoms with Crippen molar-refractivity contribution in [3.05, 3.63) is 71.9 Å². The van der Waals surface area contributed by atoms with E-state index in [1.165, 1.54) is 16.7 Å². The maximum Gasteiger partial charge on any atom is 0.00259 e. The Hall–Kier alpha value is -1.56. The Bertz CT molecular complexity index is 398. The summed E-state index contributed by atoms with van der Waals surface area (Å²) in [7, 11) is 0. The predicted molar refractivity (Wildman–Crippen MR) is 73.2 cm³/mol. The van der Waals surface area contributed by atoms with Gasteiger partial charge in [0.05, 0.1) is 0 Å². The summed E-state index contributed by atoms with van der Waals surface area (Å²) < 4.78 is 0. The molecule has 0 aromatic carbocycles. The Labute approximate surface area is 99.1 Å². The van der Waals surface area contributed by atoms with E-state index in [2.05, 4.69) is 69.9 Å². The molecule has 0 heteroatoms. The summed E-state index contributed by atoms with van der Waals surface area (Å²) in [6, 6.07) is 0. The summed E-state index contributed by atoms with van der Waals surface area (Å²) >= 11 is 0. The summed E-state index contributed by atoms with van der Waals surface area (Å²) in [6.45, 7) is 10.3.